The number of carbonyl (C=O) groups excluding carboxylic acids is 2. The van der Waals surface area contributed by atoms with E-state index in [1.807, 2.05) is 13.8 Å². The number of ether oxygens (including phenoxy) is 1. The van der Waals surface area contributed by atoms with Gasteiger partial charge in [-0.05, 0) is 41.0 Å². The minimum atomic E-state index is -1.09. The fraction of sp³-hybridized carbons (Fsp3) is 0.471. The summed E-state index contributed by atoms with van der Waals surface area (Å²) in [5, 5.41) is 14.4. The summed E-state index contributed by atoms with van der Waals surface area (Å²) in [7, 11) is 1.58. The number of amides is 3. The van der Waals surface area contributed by atoms with Crippen LogP contribution in [0.15, 0.2) is 24.3 Å². The Labute approximate surface area is 151 Å². The Balaban J connectivity index is 1.89. The molecule has 3 rings (SSSR count). The number of benzene rings is 1. The molecule has 9 nitrogen and oxygen atoms in total. The summed E-state index contributed by atoms with van der Waals surface area (Å²) < 4.78 is 6.78. The molecule has 0 spiro atoms. The van der Waals surface area contributed by atoms with Crippen molar-refractivity contribution in [3.63, 3.8) is 0 Å². The predicted octanol–water partition coefficient (Wildman–Crippen LogP) is 1.45. The summed E-state index contributed by atoms with van der Waals surface area (Å²) in [4.78, 5) is 26.9. The molecule has 26 heavy (non-hydrogen) atoms. The van der Waals surface area contributed by atoms with Gasteiger partial charge in [0.05, 0.1) is 13.7 Å². The van der Waals surface area contributed by atoms with Gasteiger partial charge in [-0.15, -0.1) is 5.10 Å². The van der Waals surface area contributed by atoms with Crippen LogP contribution < -0.4 is 10.1 Å². The van der Waals surface area contributed by atoms with Crippen LogP contribution in [0, 0.1) is 0 Å². The Morgan fingerprint density at radius 3 is 2.54 bits per heavy atom. The third kappa shape index (κ3) is 2.89. The number of nitrogens with zero attached hydrogens (tertiary/aromatic N) is 5. The second-order valence-corrected chi connectivity index (χ2v) is 6.13. The van der Waals surface area contributed by atoms with Crippen molar-refractivity contribution < 1.29 is 14.3 Å². The molecule has 0 unspecified atom stereocenters. The minimum absolute atomic E-state index is 0.0373. The van der Waals surface area contributed by atoms with Crippen molar-refractivity contribution in [3.05, 3.63) is 35.7 Å². The zero-order chi connectivity index (χ0) is 18.7. The Hall–Kier alpha value is -2.97. The number of nitrogens with one attached hydrogen (secondary N) is 1. The Morgan fingerprint density at radius 2 is 1.92 bits per heavy atom. The number of imide groups is 1. The molecule has 0 saturated carbocycles. The highest BCUT2D eigenvalue weighted by Gasteiger charge is 2.51. The number of aromatic nitrogens is 4. The van der Waals surface area contributed by atoms with Crippen molar-refractivity contribution in [1.82, 2.24) is 30.4 Å². The molecule has 2 aromatic rings. The molecular formula is C17H22N6O3. The van der Waals surface area contributed by atoms with Gasteiger partial charge >= 0.3 is 6.03 Å². The number of methoxy groups -OCH3 is 1. The fourth-order valence-corrected chi connectivity index (χ4v) is 3.15. The van der Waals surface area contributed by atoms with Crippen LogP contribution in [-0.4, -0.2) is 44.2 Å². The fourth-order valence-electron chi connectivity index (χ4n) is 3.15. The highest BCUT2D eigenvalue weighted by molar-refractivity contribution is 6.07. The quantitative estimate of drug-likeness (QED) is 0.752. The molecule has 0 radical (unpaired) electrons. The van der Waals surface area contributed by atoms with Gasteiger partial charge in [-0.2, -0.15) is 0 Å². The van der Waals surface area contributed by atoms with Crippen molar-refractivity contribution in [2.24, 2.45) is 0 Å². The van der Waals surface area contributed by atoms with Crippen LogP contribution in [0.2, 0.25) is 0 Å². The average Bonchev–Trinajstić information content (AvgIpc) is 3.20. The lowest BCUT2D eigenvalue weighted by Gasteiger charge is -2.26. The van der Waals surface area contributed by atoms with Crippen LogP contribution in [-0.2, 0) is 23.4 Å². The van der Waals surface area contributed by atoms with E-state index in [9.17, 15) is 9.59 Å². The smallest absolute Gasteiger partial charge is 0.325 e. The molecule has 3 amide bonds. The molecule has 1 fully saturated rings. The maximum absolute atomic E-state index is 13.2. The van der Waals surface area contributed by atoms with Gasteiger partial charge in [0.2, 0.25) is 0 Å². The van der Waals surface area contributed by atoms with Crippen LogP contribution in [0.5, 0.6) is 5.75 Å². The number of urea groups is 1. The standard InChI is InChI=1S/C17H22N6O3/c1-4-10-23-14(19-20-21-23)11-22-15(24)17(5-2,18-16(22)25)12-6-8-13(26-3)9-7-12/h6-9H,4-5,10-11H2,1-3H3,(H,18,25)/t17-/m1/s1. The van der Waals surface area contributed by atoms with E-state index in [0.29, 0.717) is 24.5 Å². The van der Waals surface area contributed by atoms with E-state index in [1.165, 1.54) is 4.90 Å². The molecule has 1 saturated heterocycles. The maximum Gasteiger partial charge on any atom is 0.325 e. The molecule has 1 atom stereocenters. The van der Waals surface area contributed by atoms with Gasteiger partial charge in [0.1, 0.15) is 11.3 Å². The molecule has 0 bridgehead atoms. The van der Waals surface area contributed by atoms with E-state index in [0.717, 1.165) is 12.0 Å². The van der Waals surface area contributed by atoms with E-state index in [1.54, 1.807) is 36.1 Å². The lowest BCUT2D eigenvalue weighted by molar-refractivity contribution is -0.132. The van der Waals surface area contributed by atoms with Gasteiger partial charge in [0.25, 0.3) is 5.91 Å². The predicted molar refractivity (Wildman–Crippen MR) is 92.2 cm³/mol. The number of hydrogen-bond acceptors (Lipinski definition) is 6. The monoisotopic (exact) mass is 358 g/mol. The van der Waals surface area contributed by atoms with Gasteiger partial charge in [-0.3, -0.25) is 9.69 Å². The van der Waals surface area contributed by atoms with Crippen molar-refractivity contribution in [1.29, 1.82) is 0 Å². The molecule has 1 aromatic carbocycles. The summed E-state index contributed by atoms with van der Waals surface area (Å²) in [6.45, 7) is 4.54. The number of carbonyl (C=O) groups is 2. The SMILES string of the molecule is CCCn1nnnc1CN1C(=O)N[C@](CC)(c2ccc(OC)cc2)C1=O. The van der Waals surface area contributed by atoms with Gasteiger partial charge in [-0.25, -0.2) is 9.48 Å². The van der Waals surface area contributed by atoms with Crippen LogP contribution in [0.25, 0.3) is 0 Å². The van der Waals surface area contributed by atoms with Crippen molar-refractivity contribution in [2.75, 3.05) is 7.11 Å². The summed E-state index contributed by atoms with van der Waals surface area (Å²) in [6.07, 6.45) is 1.28. The number of hydrogen-bond donors (Lipinski definition) is 1. The molecule has 1 N–H and O–H groups in total. The van der Waals surface area contributed by atoms with Crippen molar-refractivity contribution in [2.45, 2.75) is 45.3 Å². The summed E-state index contributed by atoms with van der Waals surface area (Å²) >= 11 is 0. The largest absolute Gasteiger partial charge is 0.497 e. The lowest BCUT2D eigenvalue weighted by Crippen LogP contribution is -2.43. The third-order valence-electron chi connectivity index (χ3n) is 4.63. The van der Waals surface area contributed by atoms with Crippen molar-refractivity contribution >= 4 is 11.9 Å². The maximum atomic E-state index is 13.2. The second-order valence-electron chi connectivity index (χ2n) is 6.13. The molecule has 1 aliphatic heterocycles. The highest BCUT2D eigenvalue weighted by atomic mass is 16.5. The van der Waals surface area contributed by atoms with Crippen LogP contribution >= 0.6 is 0 Å². The average molecular weight is 358 g/mol. The molecule has 0 aliphatic carbocycles. The van der Waals surface area contributed by atoms with Crippen LogP contribution in [0.1, 0.15) is 38.1 Å². The number of tetrazole rings is 1. The number of aryl methyl sites for hydroxylation is 1. The third-order valence-corrected chi connectivity index (χ3v) is 4.63. The molecule has 1 aliphatic rings. The Kier molecular flexibility index (Phi) is 4.88. The topological polar surface area (TPSA) is 102 Å². The number of rotatable bonds is 7. The first kappa shape index (κ1) is 17.8. The molecule has 2 heterocycles. The van der Waals surface area contributed by atoms with Gasteiger partial charge in [0.15, 0.2) is 5.82 Å². The van der Waals surface area contributed by atoms with Gasteiger partial charge < -0.3 is 10.1 Å². The molecule has 1 aromatic heterocycles. The summed E-state index contributed by atoms with van der Waals surface area (Å²) in [6, 6.07) is 6.70. The normalized spacial score (nSPS) is 19.7. The Bertz CT molecular complexity index is 803. The first-order chi connectivity index (χ1) is 12.6. The first-order valence-corrected chi connectivity index (χ1v) is 8.59. The molecular weight excluding hydrogens is 336 g/mol. The molecule has 9 heteroatoms. The minimum Gasteiger partial charge on any atom is -0.497 e. The second kappa shape index (κ2) is 7.11. The Morgan fingerprint density at radius 1 is 1.19 bits per heavy atom. The summed E-state index contributed by atoms with van der Waals surface area (Å²) in [5.41, 5.74) is -0.373. The zero-order valence-electron chi connectivity index (χ0n) is 15.1. The van der Waals surface area contributed by atoms with Gasteiger partial charge in [-0.1, -0.05) is 26.0 Å². The highest BCUT2D eigenvalue weighted by Crippen LogP contribution is 2.33. The van der Waals surface area contributed by atoms with Crippen molar-refractivity contribution in [3.8, 4) is 5.75 Å². The molecule has 138 valence electrons. The first-order valence-electron chi connectivity index (χ1n) is 8.59. The van der Waals surface area contributed by atoms with Crippen LogP contribution in [0.3, 0.4) is 0 Å². The lowest BCUT2D eigenvalue weighted by atomic mass is 9.87. The van der Waals surface area contributed by atoms with E-state index in [4.69, 9.17) is 4.74 Å². The zero-order valence-corrected chi connectivity index (χ0v) is 15.1. The van der Waals surface area contributed by atoms with E-state index in [-0.39, 0.29) is 12.5 Å². The van der Waals surface area contributed by atoms with E-state index in [2.05, 4.69) is 20.8 Å². The van der Waals surface area contributed by atoms with E-state index < -0.39 is 11.6 Å². The van der Waals surface area contributed by atoms with Gasteiger partial charge in [0, 0.05) is 6.54 Å². The van der Waals surface area contributed by atoms with E-state index >= 15 is 0 Å². The summed E-state index contributed by atoms with van der Waals surface area (Å²) in [5.74, 6) is 0.866. The van der Waals surface area contributed by atoms with Crippen LogP contribution in [0.4, 0.5) is 4.79 Å².